The molecule has 1 aromatic carbocycles. The number of aromatic nitrogens is 1. The lowest BCUT2D eigenvalue weighted by atomic mass is 10.1. The Labute approximate surface area is 134 Å². The molecule has 1 N–H and O–H groups in total. The molecule has 1 heterocycles. The van der Waals surface area contributed by atoms with Gasteiger partial charge in [-0.05, 0) is 37.1 Å². The summed E-state index contributed by atoms with van der Waals surface area (Å²) in [5.74, 6) is -0.0322. The van der Waals surface area contributed by atoms with Crippen molar-refractivity contribution in [1.29, 1.82) is 0 Å². The van der Waals surface area contributed by atoms with Crippen LogP contribution >= 0.6 is 22.9 Å². The summed E-state index contributed by atoms with van der Waals surface area (Å²) in [6.07, 6.45) is 1.11. The Bertz CT molecular complexity index is 610. The van der Waals surface area contributed by atoms with Crippen molar-refractivity contribution in [3.8, 4) is 10.6 Å². The zero-order chi connectivity index (χ0) is 15.4. The van der Waals surface area contributed by atoms with Gasteiger partial charge in [-0.1, -0.05) is 32.4 Å². The van der Waals surface area contributed by atoms with E-state index in [1.165, 1.54) is 10.9 Å². The fourth-order valence-electron chi connectivity index (χ4n) is 2.07. The van der Waals surface area contributed by atoms with E-state index in [2.05, 4.69) is 26.1 Å². The Morgan fingerprint density at radius 2 is 2.14 bits per heavy atom. The first-order valence-corrected chi connectivity index (χ1v) is 8.38. The van der Waals surface area contributed by atoms with Crippen LogP contribution < -0.4 is 5.32 Å². The Kier molecular flexibility index (Phi) is 5.73. The van der Waals surface area contributed by atoms with Crippen LogP contribution in [-0.4, -0.2) is 11.5 Å². The summed E-state index contributed by atoms with van der Waals surface area (Å²) in [6, 6.07) is 4.76. The first-order valence-electron chi connectivity index (χ1n) is 7.18. The molecule has 0 amide bonds. The second-order valence-electron chi connectivity index (χ2n) is 5.29. The van der Waals surface area contributed by atoms with Crippen LogP contribution in [0.4, 0.5) is 4.39 Å². The Morgan fingerprint density at radius 3 is 2.76 bits per heavy atom. The van der Waals surface area contributed by atoms with Crippen molar-refractivity contribution in [1.82, 2.24) is 10.3 Å². The molecule has 0 aliphatic carbocycles. The van der Waals surface area contributed by atoms with Crippen LogP contribution in [0.25, 0.3) is 10.6 Å². The van der Waals surface area contributed by atoms with E-state index in [9.17, 15) is 4.39 Å². The average Bonchev–Trinajstić information content (AvgIpc) is 2.86. The lowest BCUT2D eigenvalue weighted by molar-refractivity contribution is 0.628. The number of thiazole rings is 1. The highest BCUT2D eigenvalue weighted by Crippen LogP contribution is 2.33. The maximum atomic E-state index is 13.3. The highest BCUT2D eigenvalue weighted by molar-refractivity contribution is 7.15. The summed E-state index contributed by atoms with van der Waals surface area (Å²) in [6.45, 7) is 8.25. The van der Waals surface area contributed by atoms with Crippen LogP contribution in [-0.2, 0) is 6.54 Å². The first-order chi connectivity index (χ1) is 10.0. The molecule has 0 spiro atoms. The molecule has 114 valence electrons. The van der Waals surface area contributed by atoms with Gasteiger partial charge in [-0.25, -0.2) is 9.37 Å². The highest BCUT2D eigenvalue weighted by atomic mass is 35.5. The number of hydrogen-bond donors (Lipinski definition) is 1. The topological polar surface area (TPSA) is 24.9 Å². The van der Waals surface area contributed by atoms with E-state index in [0.29, 0.717) is 5.92 Å². The van der Waals surface area contributed by atoms with Crippen molar-refractivity contribution in [3.63, 3.8) is 0 Å². The molecule has 0 fully saturated rings. The molecule has 0 bridgehead atoms. The van der Waals surface area contributed by atoms with E-state index in [1.54, 1.807) is 23.5 Å². The molecule has 1 aromatic heterocycles. The molecule has 0 unspecified atom stereocenters. The Balaban J connectivity index is 2.31. The minimum absolute atomic E-state index is 0.138. The number of halogens is 2. The lowest BCUT2D eigenvalue weighted by Crippen LogP contribution is -2.14. The van der Waals surface area contributed by atoms with E-state index in [0.717, 1.165) is 35.8 Å². The monoisotopic (exact) mass is 326 g/mol. The van der Waals surface area contributed by atoms with Gasteiger partial charge < -0.3 is 5.32 Å². The van der Waals surface area contributed by atoms with Gasteiger partial charge in [0.2, 0.25) is 0 Å². The summed E-state index contributed by atoms with van der Waals surface area (Å²) in [5, 5.41) is 4.45. The van der Waals surface area contributed by atoms with Gasteiger partial charge in [-0.3, -0.25) is 0 Å². The molecule has 0 radical (unpaired) electrons. The second kappa shape index (κ2) is 7.34. The second-order valence-corrected chi connectivity index (χ2v) is 6.78. The van der Waals surface area contributed by atoms with Gasteiger partial charge in [0, 0.05) is 17.0 Å². The predicted octanol–water partition coefficient (Wildman–Crippen LogP) is 5.23. The lowest BCUT2D eigenvalue weighted by Gasteiger charge is -2.05. The van der Waals surface area contributed by atoms with Gasteiger partial charge in [-0.15, -0.1) is 11.3 Å². The van der Waals surface area contributed by atoms with E-state index in [4.69, 9.17) is 16.6 Å². The van der Waals surface area contributed by atoms with E-state index < -0.39 is 5.82 Å². The minimum Gasteiger partial charge on any atom is -0.312 e. The largest absolute Gasteiger partial charge is 0.312 e. The summed E-state index contributed by atoms with van der Waals surface area (Å²) in [4.78, 5) is 5.97. The van der Waals surface area contributed by atoms with Gasteiger partial charge in [0.05, 0.1) is 10.7 Å². The molecule has 0 aliphatic rings. The number of rotatable bonds is 6. The zero-order valence-corrected chi connectivity index (χ0v) is 14.1. The van der Waals surface area contributed by atoms with Gasteiger partial charge in [0.15, 0.2) is 0 Å². The van der Waals surface area contributed by atoms with Crippen molar-refractivity contribution in [2.45, 2.75) is 39.7 Å². The van der Waals surface area contributed by atoms with Gasteiger partial charge in [0.25, 0.3) is 0 Å². The van der Waals surface area contributed by atoms with Crippen LogP contribution in [0.3, 0.4) is 0 Å². The van der Waals surface area contributed by atoms with Gasteiger partial charge in [0.1, 0.15) is 10.8 Å². The Morgan fingerprint density at radius 1 is 1.38 bits per heavy atom. The highest BCUT2D eigenvalue weighted by Gasteiger charge is 2.15. The molecule has 0 saturated carbocycles. The van der Waals surface area contributed by atoms with E-state index >= 15 is 0 Å². The average molecular weight is 327 g/mol. The van der Waals surface area contributed by atoms with E-state index in [-0.39, 0.29) is 5.02 Å². The van der Waals surface area contributed by atoms with Gasteiger partial charge >= 0.3 is 0 Å². The third-order valence-electron chi connectivity index (χ3n) is 3.15. The molecule has 5 heteroatoms. The van der Waals surface area contributed by atoms with Crippen molar-refractivity contribution >= 4 is 22.9 Å². The molecule has 2 rings (SSSR count). The summed E-state index contributed by atoms with van der Waals surface area (Å²) in [7, 11) is 0. The SMILES string of the molecule is CCCNCc1sc(-c2ccc(F)c(Cl)c2)nc1C(C)C. The molecule has 2 aromatic rings. The number of benzene rings is 1. The van der Waals surface area contributed by atoms with Crippen LogP contribution in [0.2, 0.25) is 5.02 Å². The van der Waals surface area contributed by atoms with Crippen LogP contribution in [0.5, 0.6) is 0 Å². The molecular weight excluding hydrogens is 307 g/mol. The van der Waals surface area contributed by atoms with Crippen LogP contribution in [0.15, 0.2) is 18.2 Å². The van der Waals surface area contributed by atoms with Crippen LogP contribution in [0, 0.1) is 5.82 Å². The molecule has 21 heavy (non-hydrogen) atoms. The maximum absolute atomic E-state index is 13.3. The van der Waals surface area contributed by atoms with Crippen LogP contribution in [0.1, 0.15) is 43.7 Å². The normalized spacial score (nSPS) is 11.3. The molecule has 0 saturated heterocycles. The van der Waals surface area contributed by atoms with Crippen molar-refractivity contribution in [2.75, 3.05) is 6.54 Å². The summed E-state index contributed by atoms with van der Waals surface area (Å²) < 4.78 is 13.3. The zero-order valence-electron chi connectivity index (χ0n) is 12.5. The third kappa shape index (κ3) is 4.02. The number of nitrogens with zero attached hydrogens (tertiary/aromatic N) is 1. The summed E-state index contributed by atoms with van der Waals surface area (Å²) in [5.41, 5.74) is 1.98. The number of nitrogens with one attached hydrogen (secondary N) is 1. The quantitative estimate of drug-likeness (QED) is 0.736. The smallest absolute Gasteiger partial charge is 0.141 e. The molecule has 0 aliphatic heterocycles. The summed E-state index contributed by atoms with van der Waals surface area (Å²) >= 11 is 7.52. The fourth-order valence-corrected chi connectivity index (χ4v) is 3.44. The maximum Gasteiger partial charge on any atom is 0.141 e. The predicted molar refractivity (Wildman–Crippen MR) is 88.6 cm³/mol. The number of hydrogen-bond acceptors (Lipinski definition) is 3. The van der Waals surface area contributed by atoms with Crippen molar-refractivity contribution < 1.29 is 4.39 Å². The fraction of sp³-hybridized carbons (Fsp3) is 0.438. The molecule has 2 nitrogen and oxygen atoms in total. The third-order valence-corrected chi connectivity index (χ3v) is 4.56. The minimum atomic E-state index is -0.397. The van der Waals surface area contributed by atoms with E-state index in [1.807, 2.05) is 0 Å². The Hall–Kier alpha value is -0.970. The molecular formula is C16H20ClFN2S. The molecule has 0 atom stereocenters. The van der Waals surface area contributed by atoms with Gasteiger partial charge in [-0.2, -0.15) is 0 Å². The first kappa shape index (κ1) is 16.4. The van der Waals surface area contributed by atoms with Crippen molar-refractivity contribution in [3.05, 3.63) is 39.6 Å². The standard InChI is InChI=1S/C16H20ClFN2S/c1-4-7-19-9-14-15(10(2)3)20-16(21-14)11-5-6-13(18)12(17)8-11/h5-6,8,10,19H,4,7,9H2,1-3H3. The van der Waals surface area contributed by atoms with Crippen molar-refractivity contribution in [2.24, 2.45) is 0 Å².